The predicted molar refractivity (Wildman–Crippen MR) is 269 cm³/mol. The fourth-order valence-electron chi connectivity index (χ4n) is 11.0. The maximum atomic E-state index is 7.40. The topological polar surface area (TPSA) is 32.8 Å². The smallest absolute Gasteiger partial charge is 0.297 e. The van der Waals surface area contributed by atoms with E-state index in [2.05, 4.69) is 209 Å². The summed E-state index contributed by atoms with van der Waals surface area (Å²) in [6, 6.07) is 41.5. The Balaban J connectivity index is 1.31. The Morgan fingerprint density at radius 1 is 0.492 bits per heavy atom. The highest BCUT2D eigenvalue weighted by atomic mass is 16.3. The normalized spacial score (nSPS) is 16.7. The fraction of sp³-hybridized carbons (Fsp3) is 0.345. The molecule has 3 aliphatic rings. The molecule has 63 heavy (non-hydrogen) atoms. The van der Waals surface area contributed by atoms with E-state index in [1.54, 1.807) is 0 Å². The van der Waals surface area contributed by atoms with Crippen LogP contribution in [0.3, 0.4) is 0 Å². The predicted octanol–water partition coefficient (Wildman–Crippen LogP) is 14.7. The van der Waals surface area contributed by atoms with E-state index in [0.29, 0.717) is 0 Å². The molecule has 2 aromatic heterocycles. The molecular weight excluding hydrogens is 767 g/mol. The van der Waals surface area contributed by atoms with Gasteiger partial charge in [0.2, 0.25) is 0 Å². The van der Waals surface area contributed by atoms with Crippen LogP contribution >= 0.6 is 0 Å². The molecule has 0 saturated heterocycles. The van der Waals surface area contributed by atoms with Gasteiger partial charge in [-0.05, 0) is 133 Å². The summed E-state index contributed by atoms with van der Waals surface area (Å²) in [6.07, 6.45) is 2.27. The Hall–Kier alpha value is -5.68. The minimum absolute atomic E-state index is 0.00603. The second-order valence-electron chi connectivity index (χ2n) is 23.3. The first-order valence-corrected chi connectivity index (χ1v) is 23.2. The van der Waals surface area contributed by atoms with Crippen molar-refractivity contribution < 1.29 is 8.83 Å². The number of fused-ring (bicyclic) bond motifs is 10. The van der Waals surface area contributed by atoms with Crippen LogP contribution in [0, 0.1) is 0 Å². The lowest BCUT2D eigenvalue weighted by Crippen LogP contribution is -2.61. The van der Waals surface area contributed by atoms with Crippen molar-refractivity contribution >= 4 is 90.3 Å². The summed E-state index contributed by atoms with van der Waals surface area (Å²) < 4.78 is 14.3. The lowest BCUT2D eigenvalue weighted by atomic mass is 9.35. The molecule has 8 aromatic rings. The van der Waals surface area contributed by atoms with Crippen molar-refractivity contribution in [2.24, 2.45) is 0 Å². The van der Waals surface area contributed by atoms with E-state index in [4.69, 9.17) is 8.83 Å². The number of furan rings is 2. The molecule has 4 nitrogen and oxygen atoms in total. The van der Waals surface area contributed by atoms with E-state index in [9.17, 15) is 0 Å². The van der Waals surface area contributed by atoms with Crippen LogP contribution in [0.2, 0.25) is 0 Å². The molecule has 4 heterocycles. The van der Waals surface area contributed by atoms with E-state index in [0.717, 1.165) is 68.5 Å². The molecule has 5 heteroatoms. The van der Waals surface area contributed by atoms with Crippen molar-refractivity contribution in [3.8, 4) is 0 Å². The van der Waals surface area contributed by atoms with E-state index >= 15 is 0 Å². The van der Waals surface area contributed by atoms with Gasteiger partial charge in [-0.2, -0.15) is 0 Å². The van der Waals surface area contributed by atoms with Crippen molar-refractivity contribution in [2.45, 2.75) is 130 Å². The lowest BCUT2D eigenvalue weighted by molar-refractivity contribution is 0.332. The van der Waals surface area contributed by atoms with Crippen molar-refractivity contribution in [1.82, 2.24) is 0 Å². The molecule has 0 amide bonds. The Bertz CT molecular complexity index is 3190. The molecule has 0 atom stereocenters. The minimum atomic E-state index is -0.153. The summed E-state index contributed by atoms with van der Waals surface area (Å²) in [7, 11) is 0. The SMILES string of the molecule is CC(C)(C)c1ccc(N2c3cc(C(C)(C)C)cc4c3B(c3cc5c(cc3N4c3cccc4c3oc3ccccc34)C(C)(C)CCC5(C)C)c3oc4ccc(C(C)(C)C)cc4c32)cc1. The molecule has 11 rings (SSSR count). The van der Waals surface area contributed by atoms with Crippen LogP contribution in [0.25, 0.3) is 32.9 Å². The number of rotatable bonds is 2. The summed E-state index contributed by atoms with van der Waals surface area (Å²) in [4.78, 5) is 5.11. The number of benzene rings is 6. The van der Waals surface area contributed by atoms with Crippen LogP contribution < -0.4 is 26.4 Å². The summed E-state index contributed by atoms with van der Waals surface area (Å²) in [5, 5.41) is 3.41. The highest BCUT2D eigenvalue weighted by Crippen LogP contribution is 2.53. The van der Waals surface area contributed by atoms with Gasteiger partial charge in [-0.15, -0.1) is 0 Å². The molecule has 6 aromatic carbocycles. The van der Waals surface area contributed by atoms with Gasteiger partial charge >= 0.3 is 0 Å². The zero-order valence-corrected chi connectivity index (χ0v) is 39.6. The molecule has 2 aliphatic heterocycles. The largest absolute Gasteiger partial charge is 0.468 e. The molecule has 0 N–H and O–H groups in total. The van der Waals surface area contributed by atoms with Gasteiger partial charge in [0.15, 0.2) is 5.58 Å². The van der Waals surface area contributed by atoms with Gasteiger partial charge in [-0.1, -0.05) is 145 Å². The molecule has 0 bridgehead atoms. The van der Waals surface area contributed by atoms with Crippen LogP contribution in [0.1, 0.15) is 131 Å². The minimum Gasteiger partial charge on any atom is -0.468 e. The van der Waals surface area contributed by atoms with Gasteiger partial charge < -0.3 is 18.6 Å². The number of hydrogen-bond donors (Lipinski definition) is 0. The zero-order valence-electron chi connectivity index (χ0n) is 39.6. The molecule has 0 unspecified atom stereocenters. The summed E-state index contributed by atoms with van der Waals surface area (Å²) in [5.41, 5.74) is 19.8. The number of para-hydroxylation sites is 2. The lowest BCUT2D eigenvalue weighted by Gasteiger charge is -2.47. The van der Waals surface area contributed by atoms with Gasteiger partial charge in [-0.3, -0.25) is 0 Å². The Morgan fingerprint density at radius 2 is 1.08 bits per heavy atom. The van der Waals surface area contributed by atoms with Crippen LogP contribution in [0.4, 0.5) is 34.1 Å². The number of nitrogens with zero attached hydrogens (tertiary/aromatic N) is 2. The van der Waals surface area contributed by atoms with Crippen LogP contribution in [-0.2, 0) is 27.1 Å². The Labute approximate surface area is 374 Å². The Kier molecular flexibility index (Phi) is 8.26. The number of hydrogen-bond acceptors (Lipinski definition) is 4. The van der Waals surface area contributed by atoms with Crippen molar-refractivity contribution in [2.75, 3.05) is 9.80 Å². The van der Waals surface area contributed by atoms with E-state index < -0.39 is 0 Å². The maximum absolute atomic E-state index is 7.40. The fourth-order valence-corrected chi connectivity index (χ4v) is 11.0. The summed E-state index contributed by atoms with van der Waals surface area (Å²) in [5.74, 6) is 0. The van der Waals surface area contributed by atoms with Gasteiger partial charge in [0, 0.05) is 38.9 Å². The summed E-state index contributed by atoms with van der Waals surface area (Å²) >= 11 is 0. The van der Waals surface area contributed by atoms with E-state index in [-0.39, 0.29) is 33.8 Å². The number of anilines is 6. The molecule has 0 fully saturated rings. The second kappa shape index (κ2) is 13.0. The highest BCUT2D eigenvalue weighted by Gasteiger charge is 2.49. The zero-order chi connectivity index (χ0) is 44.3. The Morgan fingerprint density at radius 3 is 1.75 bits per heavy atom. The van der Waals surface area contributed by atoms with Gasteiger partial charge in [0.25, 0.3) is 6.71 Å². The third kappa shape index (κ3) is 5.94. The van der Waals surface area contributed by atoms with Crippen LogP contribution in [0.15, 0.2) is 118 Å². The monoisotopic (exact) mass is 828 g/mol. The van der Waals surface area contributed by atoms with Crippen LogP contribution in [-0.4, -0.2) is 6.71 Å². The van der Waals surface area contributed by atoms with Crippen molar-refractivity contribution in [1.29, 1.82) is 0 Å². The first-order valence-electron chi connectivity index (χ1n) is 23.2. The van der Waals surface area contributed by atoms with Gasteiger partial charge in [0.05, 0.1) is 17.0 Å². The third-order valence-electron chi connectivity index (χ3n) is 15.0. The standard InChI is InChI=1S/C58H61BN2O2/c1-54(2,3)34-21-24-37(25-22-34)60-46-30-36(56(7,8)9)31-47-50(46)59(53-51(60)40-29-35(55(4,5)6)23-26-49(40)63-53)43-32-41-42(58(12,13)28-27-57(41,10)11)33-45(43)61(47)44-19-16-18-39-38-17-14-15-20-48(38)62-52(39)44/h14-26,29-33H,27-28H2,1-13H3. The van der Waals surface area contributed by atoms with Gasteiger partial charge in [-0.25, -0.2) is 0 Å². The average molecular weight is 829 g/mol. The van der Waals surface area contributed by atoms with Gasteiger partial charge in [0.1, 0.15) is 11.2 Å². The average Bonchev–Trinajstić information content (AvgIpc) is 3.80. The molecule has 318 valence electrons. The van der Waals surface area contributed by atoms with Crippen molar-refractivity contribution in [3.63, 3.8) is 0 Å². The van der Waals surface area contributed by atoms with E-state index in [1.165, 1.54) is 55.8 Å². The summed E-state index contributed by atoms with van der Waals surface area (Å²) in [6.45, 7) is 30.5. The first kappa shape index (κ1) is 40.1. The third-order valence-corrected chi connectivity index (χ3v) is 15.0. The molecule has 0 radical (unpaired) electrons. The van der Waals surface area contributed by atoms with E-state index in [1.807, 2.05) is 0 Å². The second-order valence-corrected chi connectivity index (χ2v) is 23.3. The molecule has 0 saturated carbocycles. The highest BCUT2D eigenvalue weighted by molar-refractivity contribution is 7.00. The molecule has 1 aliphatic carbocycles. The quantitative estimate of drug-likeness (QED) is 0.163. The van der Waals surface area contributed by atoms with Crippen LogP contribution in [0.5, 0.6) is 0 Å². The molecular formula is C58H61BN2O2. The first-order chi connectivity index (χ1) is 29.6. The van der Waals surface area contributed by atoms with Crippen molar-refractivity contribution in [3.05, 3.63) is 137 Å². The maximum Gasteiger partial charge on any atom is 0.297 e. The molecule has 0 spiro atoms.